The third-order valence-electron chi connectivity index (χ3n) is 2.63. The molecule has 0 aromatic heterocycles. The number of halogens is 1. The summed E-state index contributed by atoms with van der Waals surface area (Å²) < 4.78 is 0. The number of benzene rings is 2. The number of fused-ring (bicyclic) bond motifs is 1. The first kappa shape index (κ1) is 10.3. The van der Waals surface area contributed by atoms with Crippen LogP contribution >= 0.6 is 11.6 Å². The molecule has 0 aliphatic carbocycles. The van der Waals surface area contributed by atoms with Crippen molar-refractivity contribution >= 4 is 28.4 Å². The van der Waals surface area contributed by atoms with Crippen molar-refractivity contribution in [3.63, 3.8) is 0 Å². The molecule has 0 unspecified atom stereocenters. The van der Waals surface area contributed by atoms with Crippen LogP contribution in [0, 0.1) is 0 Å². The van der Waals surface area contributed by atoms with E-state index < -0.39 is 0 Å². The van der Waals surface area contributed by atoms with Crippen LogP contribution in [0.1, 0.15) is 11.1 Å². The lowest BCUT2D eigenvalue weighted by molar-refractivity contribution is 1.17. The third kappa shape index (κ3) is 1.91. The molecule has 0 aliphatic rings. The van der Waals surface area contributed by atoms with Gasteiger partial charge in [-0.3, -0.25) is 0 Å². The Kier molecular flexibility index (Phi) is 3.08. The maximum atomic E-state index is 5.79. The summed E-state index contributed by atoms with van der Waals surface area (Å²) in [5.74, 6) is 0.664. The van der Waals surface area contributed by atoms with Crippen molar-refractivity contribution in [2.75, 3.05) is 5.88 Å². The molecule has 0 atom stereocenters. The van der Waals surface area contributed by atoms with E-state index in [-0.39, 0.29) is 0 Å². The molecular formula is C14H13Cl. The van der Waals surface area contributed by atoms with Gasteiger partial charge in [-0.25, -0.2) is 0 Å². The van der Waals surface area contributed by atoms with Crippen molar-refractivity contribution < 1.29 is 0 Å². The lowest BCUT2D eigenvalue weighted by atomic mass is 9.98. The second-order valence-corrected chi connectivity index (χ2v) is 3.88. The Morgan fingerprint density at radius 1 is 1.07 bits per heavy atom. The predicted molar refractivity (Wildman–Crippen MR) is 68.5 cm³/mol. The molecule has 0 saturated heterocycles. The summed E-state index contributed by atoms with van der Waals surface area (Å²) in [7, 11) is 0. The second-order valence-electron chi connectivity index (χ2n) is 3.50. The molecule has 0 saturated carbocycles. The van der Waals surface area contributed by atoms with Gasteiger partial charge in [-0.2, -0.15) is 0 Å². The van der Waals surface area contributed by atoms with Crippen LogP contribution in [0.5, 0.6) is 0 Å². The van der Waals surface area contributed by atoms with E-state index in [4.69, 9.17) is 11.6 Å². The summed E-state index contributed by atoms with van der Waals surface area (Å²) in [6.45, 7) is 3.83. The average Bonchev–Trinajstić information content (AvgIpc) is 2.30. The average molecular weight is 217 g/mol. The van der Waals surface area contributed by atoms with Gasteiger partial charge in [0, 0.05) is 5.88 Å². The Hall–Kier alpha value is -1.27. The maximum Gasteiger partial charge on any atom is 0.0264 e. The molecule has 0 aliphatic heterocycles. The van der Waals surface area contributed by atoms with Crippen LogP contribution in [0.4, 0.5) is 0 Å². The van der Waals surface area contributed by atoms with E-state index in [1.54, 1.807) is 0 Å². The van der Waals surface area contributed by atoms with Crippen molar-refractivity contribution in [2.24, 2.45) is 0 Å². The first-order chi connectivity index (χ1) is 7.36. The highest BCUT2D eigenvalue weighted by atomic mass is 35.5. The van der Waals surface area contributed by atoms with Gasteiger partial charge in [0.25, 0.3) is 0 Å². The van der Waals surface area contributed by atoms with E-state index in [1.807, 2.05) is 6.08 Å². The van der Waals surface area contributed by atoms with Gasteiger partial charge >= 0.3 is 0 Å². The Balaban J connectivity index is 2.71. The van der Waals surface area contributed by atoms with Crippen LogP contribution in [-0.2, 0) is 6.42 Å². The summed E-state index contributed by atoms with van der Waals surface area (Å²) in [5, 5.41) is 2.55. The maximum absolute atomic E-state index is 5.79. The monoisotopic (exact) mass is 216 g/mol. The topological polar surface area (TPSA) is 0 Å². The first-order valence-corrected chi connectivity index (χ1v) is 5.59. The summed E-state index contributed by atoms with van der Waals surface area (Å²) in [6, 6.07) is 12.6. The number of hydrogen-bond donors (Lipinski definition) is 0. The molecule has 0 N–H and O–H groups in total. The van der Waals surface area contributed by atoms with E-state index in [0.717, 1.165) is 6.42 Å². The molecule has 0 amide bonds. The molecule has 15 heavy (non-hydrogen) atoms. The number of hydrogen-bond acceptors (Lipinski definition) is 0. The zero-order valence-electron chi connectivity index (χ0n) is 8.54. The summed E-state index contributed by atoms with van der Waals surface area (Å²) >= 11 is 5.79. The highest BCUT2D eigenvalue weighted by molar-refractivity contribution is 6.18. The minimum atomic E-state index is 0.664. The van der Waals surface area contributed by atoms with Crippen LogP contribution in [0.25, 0.3) is 16.8 Å². The van der Waals surface area contributed by atoms with Gasteiger partial charge in [-0.15, -0.1) is 11.6 Å². The van der Waals surface area contributed by atoms with Crippen LogP contribution in [0.15, 0.2) is 43.0 Å². The molecule has 0 nitrogen and oxygen atoms in total. The van der Waals surface area contributed by atoms with Gasteiger partial charge in [0.2, 0.25) is 0 Å². The van der Waals surface area contributed by atoms with Gasteiger partial charge in [-0.05, 0) is 28.3 Å². The van der Waals surface area contributed by atoms with Crippen molar-refractivity contribution in [3.05, 3.63) is 54.1 Å². The molecule has 0 fully saturated rings. The van der Waals surface area contributed by atoms with Crippen molar-refractivity contribution in [3.8, 4) is 0 Å². The van der Waals surface area contributed by atoms with Gasteiger partial charge in [0.1, 0.15) is 0 Å². The fraction of sp³-hybridized carbons (Fsp3) is 0.143. The van der Waals surface area contributed by atoms with Crippen molar-refractivity contribution in [1.82, 2.24) is 0 Å². The van der Waals surface area contributed by atoms with E-state index in [0.29, 0.717) is 5.88 Å². The number of rotatable bonds is 3. The fourth-order valence-electron chi connectivity index (χ4n) is 1.88. The molecule has 76 valence electrons. The molecule has 0 spiro atoms. The first-order valence-electron chi connectivity index (χ1n) is 5.06. The summed E-state index contributed by atoms with van der Waals surface area (Å²) in [6.07, 6.45) is 2.81. The summed E-state index contributed by atoms with van der Waals surface area (Å²) in [4.78, 5) is 0. The molecular weight excluding hydrogens is 204 g/mol. The highest BCUT2D eigenvalue weighted by Gasteiger charge is 2.02. The SMILES string of the molecule is C=Cc1ccc(CCCl)c2ccccc12. The van der Waals surface area contributed by atoms with E-state index in [9.17, 15) is 0 Å². The van der Waals surface area contributed by atoms with E-state index >= 15 is 0 Å². The van der Waals surface area contributed by atoms with Gasteiger partial charge < -0.3 is 0 Å². The number of aryl methyl sites for hydroxylation is 1. The highest BCUT2D eigenvalue weighted by Crippen LogP contribution is 2.24. The Morgan fingerprint density at radius 2 is 1.80 bits per heavy atom. The minimum Gasteiger partial charge on any atom is -0.126 e. The molecule has 0 radical (unpaired) electrons. The normalized spacial score (nSPS) is 10.5. The van der Waals surface area contributed by atoms with Crippen molar-refractivity contribution in [2.45, 2.75) is 6.42 Å². The Morgan fingerprint density at radius 3 is 2.47 bits per heavy atom. The fourth-order valence-corrected chi connectivity index (χ4v) is 2.09. The molecule has 2 aromatic carbocycles. The third-order valence-corrected chi connectivity index (χ3v) is 2.82. The zero-order valence-corrected chi connectivity index (χ0v) is 9.30. The van der Waals surface area contributed by atoms with Gasteiger partial charge in [0.05, 0.1) is 0 Å². The van der Waals surface area contributed by atoms with Crippen LogP contribution in [-0.4, -0.2) is 5.88 Å². The molecule has 2 aromatic rings. The summed E-state index contributed by atoms with van der Waals surface area (Å²) in [5.41, 5.74) is 2.50. The largest absolute Gasteiger partial charge is 0.126 e. The van der Waals surface area contributed by atoms with Crippen LogP contribution < -0.4 is 0 Å². The van der Waals surface area contributed by atoms with Gasteiger partial charge in [-0.1, -0.05) is 49.1 Å². The van der Waals surface area contributed by atoms with Crippen LogP contribution in [0.3, 0.4) is 0 Å². The van der Waals surface area contributed by atoms with E-state index in [1.165, 1.54) is 21.9 Å². The smallest absolute Gasteiger partial charge is 0.0264 e. The van der Waals surface area contributed by atoms with Crippen molar-refractivity contribution in [1.29, 1.82) is 0 Å². The Labute approximate surface area is 95.2 Å². The molecule has 1 heteroatoms. The lowest BCUT2D eigenvalue weighted by Crippen LogP contribution is -1.89. The van der Waals surface area contributed by atoms with Gasteiger partial charge in [0.15, 0.2) is 0 Å². The molecule has 0 bridgehead atoms. The van der Waals surface area contributed by atoms with Crippen LogP contribution in [0.2, 0.25) is 0 Å². The Bertz CT molecular complexity index is 486. The zero-order chi connectivity index (χ0) is 10.7. The second kappa shape index (κ2) is 4.50. The quantitative estimate of drug-likeness (QED) is 0.673. The molecule has 2 rings (SSSR count). The lowest BCUT2D eigenvalue weighted by Gasteiger charge is -2.07. The minimum absolute atomic E-state index is 0.664. The van der Waals surface area contributed by atoms with E-state index in [2.05, 4.69) is 43.0 Å². The predicted octanol–water partition coefficient (Wildman–Crippen LogP) is 4.26. The number of alkyl halides is 1. The molecule has 0 heterocycles. The standard InChI is InChI=1S/C14H13Cl/c1-2-11-7-8-12(9-10-15)14-6-4-3-5-13(11)14/h2-8H,1,9-10H2.